The lowest BCUT2D eigenvalue weighted by atomic mass is 10.2. The number of methoxy groups -OCH3 is 1. The number of hydrogen-bond acceptors (Lipinski definition) is 3. The van der Waals surface area contributed by atoms with Crippen LogP contribution in [0.4, 0.5) is 0 Å². The van der Waals surface area contributed by atoms with E-state index in [1.807, 2.05) is 0 Å². The van der Waals surface area contributed by atoms with E-state index in [0.717, 1.165) is 13.2 Å². The van der Waals surface area contributed by atoms with Gasteiger partial charge in [-0.25, -0.2) is 0 Å². The molecular weight excluding hydrogens is 274 g/mol. The van der Waals surface area contributed by atoms with Gasteiger partial charge in [0.25, 0.3) is 0 Å². The van der Waals surface area contributed by atoms with Gasteiger partial charge < -0.3 is 10.1 Å². The molecule has 1 N–H and O–H groups in total. The molecule has 0 amide bonds. The summed E-state index contributed by atoms with van der Waals surface area (Å²) in [6.45, 7) is 6.18. The van der Waals surface area contributed by atoms with E-state index in [2.05, 4.69) is 47.2 Å². The summed E-state index contributed by atoms with van der Waals surface area (Å²) in [6.07, 6.45) is 0. The van der Waals surface area contributed by atoms with Gasteiger partial charge in [-0.15, -0.1) is 11.3 Å². The Morgan fingerprint density at radius 1 is 1.47 bits per heavy atom. The van der Waals surface area contributed by atoms with Gasteiger partial charge in [0, 0.05) is 31.2 Å². The highest BCUT2D eigenvalue weighted by Crippen LogP contribution is 2.26. The molecule has 2 nitrogen and oxygen atoms in total. The average Bonchev–Trinajstić information content (AvgIpc) is 2.62. The topological polar surface area (TPSA) is 21.3 Å². The van der Waals surface area contributed by atoms with Crippen LogP contribution < -0.4 is 5.32 Å². The molecule has 2 unspecified atom stereocenters. The lowest BCUT2D eigenvalue weighted by molar-refractivity contribution is 0.157. The summed E-state index contributed by atoms with van der Waals surface area (Å²) in [7, 11) is 1.75. The molecule has 0 spiro atoms. The van der Waals surface area contributed by atoms with E-state index in [0.29, 0.717) is 12.0 Å². The van der Waals surface area contributed by atoms with Crippen molar-refractivity contribution in [2.24, 2.45) is 5.92 Å². The maximum Gasteiger partial charge on any atom is 0.0701 e. The molecule has 0 bridgehead atoms. The predicted molar refractivity (Wildman–Crippen MR) is 69.5 cm³/mol. The Hall–Kier alpha value is 0.1000. The van der Waals surface area contributed by atoms with Crippen molar-refractivity contribution in [3.63, 3.8) is 0 Å². The Bertz CT molecular complexity index is 290. The zero-order valence-corrected chi connectivity index (χ0v) is 11.8. The smallest absolute Gasteiger partial charge is 0.0701 e. The Balaban J connectivity index is 2.33. The van der Waals surface area contributed by atoms with E-state index in [4.69, 9.17) is 4.74 Å². The second kappa shape index (κ2) is 6.63. The largest absolute Gasteiger partial charge is 0.384 e. The van der Waals surface area contributed by atoms with Gasteiger partial charge in [0.1, 0.15) is 0 Å². The molecule has 86 valence electrons. The fourth-order valence-electron chi connectivity index (χ4n) is 1.38. The summed E-state index contributed by atoms with van der Waals surface area (Å²) in [5.74, 6) is 0.556. The van der Waals surface area contributed by atoms with Gasteiger partial charge in [-0.3, -0.25) is 0 Å². The molecule has 0 fully saturated rings. The third kappa shape index (κ3) is 4.64. The molecule has 4 heteroatoms. The number of halogens is 1. The average molecular weight is 292 g/mol. The number of thiophene rings is 1. The zero-order valence-electron chi connectivity index (χ0n) is 9.42. The van der Waals surface area contributed by atoms with Crippen LogP contribution >= 0.6 is 27.3 Å². The number of nitrogens with one attached hydrogen (secondary N) is 1. The first kappa shape index (κ1) is 13.2. The SMILES string of the molecule is COCC(C)CNC(C)c1ccc(Br)s1. The van der Waals surface area contributed by atoms with Crippen LogP contribution in [0, 0.1) is 5.92 Å². The second-order valence-electron chi connectivity index (χ2n) is 3.83. The van der Waals surface area contributed by atoms with E-state index in [9.17, 15) is 0 Å². The van der Waals surface area contributed by atoms with Crippen molar-refractivity contribution >= 4 is 27.3 Å². The number of rotatable bonds is 6. The molecule has 1 heterocycles. The van der Waals surface area contributed by atoms with E-state index < -0.39 is 0 Å². The second-order valence-corrected chi connectivity index (χ2v) is 6.33. The van der Waals surface area contributed by atoms with Gasteiger partial charge in [-0.2, -0.15) is 0 Å². The molecule has 2 atom stereocenters. The fraction of sp³-hybridized carbons (Fsp3) is 0.636. The Morgan fingerprint density at radius 3 is 2.73 bits per heavy atom. The van der Waals surface area contributed by atoms with E-state index in [-0.39, 0.29) is 0 Å². The van der Waals surface area contributed by atoms with Crippen molar-refractivity contribution in [1.82, 2.24) is 5.32 Å². The van der Waals surface area contributed by atoms with Crippen molar-refractivity contribution in [3.8, 4) is 0 Å². The molecule has 1 aromatic heterocycles. The van der Waals surface area contributed by atoms with Crippen molar-refractivity contribution < 1.29 is 4.74 Å². The lowest BCUT2D eigenvalue weighted by Gasteiger charge is -2.16. The molecule has 1 aromatic rings. The fourth-order valence-corrected chi connectivity index (χ4v) is 2.83. The molecule has 1 rings (SSSR count). The number of hydrogen-bond donors (Lipinski definition) is 1. The predicted octanol–water partition coefficient (Wildman–Crippen LogP) is 3.44. The molecule has 0 saturated heterocycles. The third-order valence-corrected chi connectivity index (χ3v) is 4.05. The summed E-state index contributed by atoms with van der Waals surface area (Å²) in [5.41, 5.74) is 0. The van der Waals surface area contributed by atoms with Gasteiger partial charge in [-0.05, 0) is 40.9 Å². The van der Waals surface area contributed by atoms with Gasteiger partial charge in [0.15, 0.2) is 0 Å². The highest BCUT2D eigenvalue weighted by molar-refractivity contribution is 9.11. The van der Waals surface area contributed by atoms with Crippen LogP contribution in [-0.4, -0.2) is 20.3 Å². The van der Waals surface area contributed by atoms with Crippen molar-refractivity contribution in [3.05, 3.63) is 20.8 Å². The highest BCUT2D eigenvalue weighted by Gasteiger charge is 2.09. The van der Waals surface area contributed by atoms with Crippen molar-refractivity contribution in [1.29, 1.82) is 0 Å². The van der Waals surface area contributed by atoms with Gasteiger partial charge >= 0.3 is 0 Å². The van der Waals surface area contributed by atoms with Crippen LogP contribution in [0.2, 0.25) is 0 Å². The lowest BCUT2D eigenvalue weighted by Crippen LogP contribution is -2.26. The van der Waals surface area contributed by atoms with Crippen LogP contribution in [0.15, 0.2) is 15.9 Å². The van der Waals surface area contributed by atoms with E-state index >= 15 is 0 Å². The van der Waals surface area contributed by atoms with Crippen LogP contribution in [0.3, 0.4) is 0 Å². The number of ether oxygens (including phenoxy) is 1. The monoisotopic (exact) mass is 291 g/mol. The van der Waals surface area contributed by atoms with Gasteiger partial charge in [-0.1, -0.05) is 6.92 Å². The quantitative estimate of drug-likeness (QED) is 0.867. The standard InChI is InChI=1S/C11H18BrNOS/c1-8(7-14-3)6-13-9(2)10-4-5-11(12)15-10/h4-5,8-9,13H,6-7H2,1-3H3. The summed E-state index contributed by atoms with van der Waals surface area (Å²) in [4.78, 5) is 1.37. The van der Waals surface area contributed by atoms with E-state index in [1.54, 1.807) is 18.4 Å². The molecule has 0 saturated carbocycles. The first-order chi connectivity index (χ1) is 7.13. The molecule has 0 aliphatic carbocycles. The van der Waals surface area contributed by atoms with Gasteiger partial charge in [0.2, 0.25) is 0 Å². The third-order valence-electron chi connectivity index (χ3n) is 2.24. The summed E-state index contributed by atoms with van der Waals surface area (Å²) >= 11 is 5.26. The maximum atomic E-state index is 5.10. The molecule has 0 aliphatic rings. The summed E-state index contributed by atoms with van der Waals surface area (Å²) in [6, 6.07) is 4.67. The summed E-state index contributed by atoms with van der Waals surface area (Å²) in [5, 5.41) is 3.51. The zero-order chi connectivity index (χ0) is 11.3. The minimum absolute atomic E-state index is 0.417. The normalized spacial score (nSPS) is 15.2. The van der Waals surface area contributed by atoms with Crippen molar-refractivity contribution in [2.45, 2.75) is 19.9 Å². The van der Waals surface area contributed by atoms with Crippen LogP contribution in [-0.2, 0) is 4.74 Å². The van der Waals surface area contributed by atoms with Crippen LogP contribution in [0.25, 0.3) is 0 Å². The minimum atomic E-state index is 0.417. The molecular formula is C11H18BrNOS. The van der Waals surface area contributed by atoms with Crippen LogP contribution in [0.1, 0.15) is 24.8 Å². The molecule has 15 heavy (non-hydrogen) atoms. The maximum absolute atomic E-state index is 5.10. The molecule has 0 aromatic carbocycles. The molecule has 0 radical (unpaired) electrons. The van der Waals surface area contributed by atoms with Crippen molar-refractivity contribution in [2.75, 3.05) is 20.3 Å². The highest BCUT2D eigenvalue weighted by atomic mass is 79.9. The Kier molecular flexibility index (Phi) is 5.82. The first-order valence-corrected chi connectivity index (χ1v) is 6.72. The Labute approximate surface area is 104 Å². The first-order valence-electron chi connectivity index (χ1n) is 5.11. The van der Waals surface area contributed by atoms with Gasteiger partial charge in [0.05, 0.1) is 3.79 Å². The summed E-state index contributed by atoms with van der Waals surface area (Å²) < 4.78 is 6.29. The van der Waals surface area contributed by atoms with Crippen LogP contribution in [0.5, 0.6) is 0 Å². The minimum Gasteiger partial charge on any atom is -0.384 e. The van der Waals surface area contributed by atoms with E-state index in [1.165, 1.54) is 8.66 Å². The Morgan fingerprint density at radius 2 is 2.20 bits per heavy atom. The molecule has 0 aliphatic heterocycles.